The Morgan fingerprint density at radius 1 is 1.15 bits per heavy atom. The van der Waals surface area contributed by atoms with Crippen LogP contribution in [0.5, 0.6) is 5.88 Å². The number of nitrogens with zero attached hydrogens (tertiary/aromatic N) is 5. The van der Waals surface area contributed by atoms with E-state index in [1.807, 2.05) is 13.0 Å². The second-order valence-corrected chi connectivity index (χ2v) is 7.17. The molecule has 0 unspecified atom stereocenters. The van der Waals surface area contributed by atoms with E-state index < -0.39 is 23.6 Å². The van der Waals surface area contributed by atoms with Crippen molar-refractivity contribution >= 4 is 22.8 Å². The van der Waals surface area contributed by atoms with Gasteiger partial charge in [0.05, 0.1) is 12.8 Å². The van der Waals surface area contributed by atoms with Crippen LogP contribution < -0.4 is 10.1 Å². The zero-order chi connectivity index (χ0) is 23.4. The molecule has 0 aliphatic carbocycles. The van der Waals surface area contributed by atoms with Crippen molar-refractivity contribution in [1.82, 2.24) is 24.7 Å². The normalized spacial score (nSPS) is 12.0. The predicted octanol–water partition coefficient (Wildman–Crippen LogP) is 3.22. The number of pyridine rings is 1. The van der Waals surface area contributed by atoms with E-state index in [2.05, 4.69) is 25.4 Å². The molecule has 0 aliphatic heterocycles. The predicted molar refractivity (Wildman–Crippen MR) is 115 cm³/mol. The Labute approximate surface area is 187 Å². The van der Waals surface area contributed by atoms with E-state index in [-0.39, 0.29) is 30.2 Å². The number of fused-ring (bicyclic) bond motifs is 1. The zero-order valence-electron chi connectivity index (χ0n) is 17.8. The molecule has 1 amide bonds. The first-order valence-electron chi connectivity index (χ1n) is 9.99. The molecule has 1 N–H and O–H groups in total. The average molecular weight is 454 g/mol. The Balaban J connectivity index is 1.62. The summed E-state index contributed by atoms with van der Waals surface area (Å²) in [5.74, 6) is -1.48. The monoisotopic (exact) mass is 454 g/mol. The number of aryl methyl sites for hydroxylation is 1. The highest BCUT2D eigenvalue weighted by Crippen LogP contribution is 2.26. The fraction of sp³-hybridized carbons (Fsp3) is 0.227. The van der Waals surface area contributed by atoms with Crippen molar-refractivity contribution < 1.29 is 23.0 Å². The molecule has 1 atom stereocenters. The van der Waals surface area contributed by atoms with E-state index in [4.69, 9.17) is 9.47 Å². The summed E-state index contributed by atoms with van der Waals surface area (Å²) in [7, 11) is 1.51. The Morgan fingerprint density at radius 2 is 2.00 bits per heavy atom. The lowest BCUT2D eigenvalue weighted by Crippen LogP contribution is -2.34. The third-order valence-corrected chi connectivity index (χ3v) is 4.76. The molecule has 11 heteroatoms. The number of hydrogen-bond acceptors (Lipinski definition) is 7. The number of halogens is 2. The van der Waals surface area contributed by atoms with Gasteiger partial charge in [-0.25, -0.2) is 28.4 Å². The summed E-state index contributed by atoms with van der Waals surface area (Å²) < 4.78 is 39.8. The molecule has 0 bridgehead atoms. The zero-order valence-corrected chi connectivity index (χ0v) is 17.8. The molecule has 9 nitrogen and oxygen atoms in total. The van der Waals surface area contributed by atoms with Crippen molar-refractivity contribution in [2.45, 2.75) is 19.4 Å². The number of carbonyl (C=O) groups is 1. The minimum Gasteiger partial charge on any atom is -0.464 e. The van der Waals surface area contributed by atoms with Crippen LogP contribution in [0.2, 0.25) is 0 Å². The number of methoxy groups -OCH3 is 1. The molecule has 0 radical (unpaired) electrons. The topological polar surface area (TPSA) is 104 Å². The molecule has 3 aromatic heterocycles. The Bertz CT molecular complexity index is 1280. The highest BCUT2D eigenvalue weighted by Gasteiger charge is 2.24. The number of nitrogens with one attached hydrogen (secondary N) is 1. The third-order valence-electron chi connectivity index (χ3n) is 4.76. The van der Waals surface area contributed by atoms with Crippen LogP contribution >= 0.6 is 0 Å². The largest absolute Gasteiger partial charge is 0.464 e. The van der Waals surface area contributed by atoms with Gasteiger partial charge in [-0.1, -0.05) is 6.07 Å². The van der Waals surface area contributed by atoms with Crippen LogP contribution in [0.4, 0.5) is 14.6 Å². The van der Waals surface area contributed by atoms with Crippen LogP contribution in [0, 0.1) is 18.6 Å². The SMILES string of the molecule is COCC[C@H](Oc1ncnc2c1cnn2-c1ccc(F)cc1F)C(=O)Nc1ccc(C)cn1. The third kappa shape index (κ3) is 4.93. The smallest absolute Gasteiger partial charge is 0.266 e. The molecule has 0 aliphatic rings. The van der Waals surface area contributed by atoms with Gasteiger partial charge in [0, 0.05) is 25.8 Å². The molecule has 4 aromatic rings. The van der Waals surface area contributed by atoms with Gasteiger partial charge in [-0.2, -0.15) is 5.10 Å². The van der Waals surface area contributed by atoms with Crippen molar-refractivity contribution in [2.24, 2.45) is 0 Å². The van der Waals surface area contributed by atoms with Crippen molar-refractivity contribution in [3.8, 4) is 11.6 Å². The highest BCUT2D eigenvalue weighted by molar-refractivity contribution is 5.94. The van der Waals surface area contributed by atoms with E-state index in [1.165, 1.54) is 30.4 Å². The lowest BCUT2D eigenvalue weighted by atomic mass is 10.2. The molecule has 0 fully saturated rings. The van der Waals surface area contributed by atoms with E-state index >= 15 is 0 Å². The van der Waals surface area contributed by atoms with Gasteiger partial charge < -0.3 is 14.8 Å². The number of ether oxygens (including phenoxy) is 2. The number of hydrogen-bond donors (Lipinski definition) is 1. The summed E-state index contributed by atoms with van der Waals surface area (Å²) in [6.45, 7) is 2.15. The lowest BCUT2D eigenvalue weighted by Gasteiger charge is -2.18. The minimum absolute atomic E-state index is 0.00942. The van der Waals surface area contributed by atoms with Gasteiger partial charge in [-0.05, 0) is 30.7 Å². The molecular formula is C22H20F2N6O3. The van der Waals surface area contributed by atoms with Crippen molar-refractivity contribution in [1.29, 1.82) is 0 Å². The number of aromatic nitrogens is 5. The van der Waals surface area contributed by atoms with Crippen LogP contribution in [0.25, 0.3) is 16.7 Å². The van der Waals surface area contributed by atoms with Gasteiger partial charge in [0.25, 0.3) is 5.91 Å². The molecule has 0 saturated carbocycles. The van der Waals surface area contributed by atoms with E-state index in [0.717, 1.165) is 17.7 Å². The molecule has 4 rings (SSSR count). The van der Waals surface area contributed by atoms with Gasteiger partial charge >= 0.3 is 0 Å². The Kier molecular flexibility index (Phi) is 6.50. The summed E-state index contributed by atoms with van der Waals surface area (Å²) in [6.07, 6.45) is 3.51. The quantitative estimate of drug-likeness (QED) is 0.436. The van der Waals surface area contributed by atoms with Gasteiger partial charge in [-0.15, -0.1) is 0 Å². The van der Waals surface area contributed by atoms with Gasteiger partial charge in [0.15, 0.2) is 17.6 Å². The first-order chi connectivity index (χ1) is 16.0. The second-order valence-electron chi connectivity index (χ2n) is 7.17. The van der Waals surface area contributed by atoms with Crippen LogP contribution in [0.3, 0.4) is 0 Å². The Morgan fingerprint density at radius 3 is 2.73 bits per heavy atom. The van der Waals surface area contributed by atoms with Crippen LogP contribution in [-0.4, -0.2) is 50.5 Å². The first-order valence-corrected chi connectivity index (χ1v) is 9.99. The van der Waals surface area contributed by atoms with Crippen LogP contribution in [0.15, 0.2) is 49.1 Å². The average Bonchev–Trinajstić information content (AvgIpc) is 3.23. The minimum atomic E-state index is -0.961. The fourth-order valence-corrected chi connectivity index (χ4v) is 3.10. The Hall–Kier alpha value is -3.99. The first kappa shape index (κ1) is 22.2. The molecule has 3 heterocycles. The molecule has 0 spiro atoms. The number of amides is 1. The van der Waals surface area contributed by atoms with Crippen LogP contribution in [-0.2, 0) is 9.53 Å². The summed E-state index contributed by atoms with van der Waals surface area (Å²) >= 11 is 0. The standard InChI is InChI=1S/C22H20F2N6O3/c1-13-3-6-19(25-10-13)29-21(31)18(7-8-32-2)33-22-15-11-28-30(20(15)26-12-27-22)17-5-4-14(23)9-16(17)24/h3-6,9-12,18H,7-8H2,1-2H3,(H,25,29,31)/t18-/m0/s1. The van der Waals surface area contributed by atoms with E-state index in [1.54, 1.807) is 12.3 Å². The molecular weight excluding hydrogens is 434 g/mol. The second kappa shape index (κ2) is 9.65. The van der Waals surface area contributed by atoms with Crippen molar-refractivity contribution in [2.75, 3.05) is 19.0 Å². The number of anilines is 1. The van der Waals surface area contributed by atoms with Crippen molar-refractivity contribution in [3.05, 3.63) is 66.3 Å². The van der Waals surface area contributed by atoms with Crippen molar-refractivity contribution in [3.63, 3.8) is 0 Å². The number of rotatable bonds is 8. The molecule has 170 valence electrons. The van der Waals surface area contributed by atoms with E-state index in [9.17, 15) is 13.6 Å². The van der Waals surface area contributed by atoms with E-state index in [0.29, 0.717) is 11.2 Å². The highest BCUT2D eigenvalue weighted by atomic mass is 19.1. The van der Waals surface area contributed by atoms with Gasteiger partial charge in [0.2, 0.25) is 5.88 Å². The summed E-state index contributed by atoms with van der Waals surface area (Å²) in [5, 5.41) is 7.21. The number of carbonyl (C=O) groups excluding carboxylic acids is 1. The summed E-state index contributed by atoms with van der Waals surface area (Å²) in [5.41, 5.74) is 1.20. The number of benzene rings is 1. The van der Waals surface area contributed by atoms with Crippen LogP contribution in [0.1, 0.15) is 12.0 Å². The molecule has 1 aromatic carbocycles. The summed E-state index contributed by atoms with van der Waals surface area (Å²) in [4.78, 5) is 25.3. The van der Waals surface area contributed by atoms with Gasteiger partial charge in [-0.3, -0.25) is 4.79 Å². The molecule has 0 saturated heterocycles. The lowest BCUT2D eigenvalue weighted by molar-refractivity contribution is -0.123. The maximum Gasteiger partial charge on any atom is 0.266 e. The molecule has 33 heavy (non-hydrogen) atoms. The van der Waals surface area contributed by atoms with Gasteiger partial charge in [0.1, 0.15) is 29.0 Å². The maximum atomic E-state index is 14.3. The summed E-state index contributed by atoms with van der Waals surface area (Å²) in [6, 6.07) is 6.64. The fourth-order valence-electron chi connectivity index (χ4n) is 3.10. The maximum absolute atomic E-state index is 14.3.